The summed E-state index contributed by atoms with van der Waals surface area (Å²) in [6.07, 6.45) is 2.40. The first-order valence-electron chi connectivity index (χ1n) is 15.1. The van der Waals surface area contributed by atoms with Gasteiger partial charge in [0.25, 0.3) is 0 Å². The third-order valence-corrected chi connectivity index (χ3v) is 8.40. The lowest BCUT2D eigenvalue weighted by Crippen LogP contribution is -2.47. The van der Waals surface area contributed by atoms with E-state index in [1.807, 2.05) is 25.3 Å². The molecule has 2 aromatic heterocycles. The average Bonchev–Trinajstić information content (AvgIpc) is 3.55. The molecule has 2 fully saturated rings. The molecule has 246 valence electrons. The molecule has 0 radical (unpaired) electrons. The highest BCUT2D eigenvalue weighted by atomic mass is 32.1. The molecule has 11 nitrogen and oxygen atoms in total. The lowest BCUT2D eigenvalue weighted by Gasteiger charge is -2.28. The second-order valence-electron chi connectivity index (χ2n) is 12.7. The second kappa shape index (κ2) is 14.9. The molecule has 1 saturated carbocycles. The van der Waals surface area contributed by atoms with E-state index >= 15 is 0 Å². The van der Waals surface area contributed by atoms with Gasteiger partial charge in [0.15, 0.2) is 5.43 Å². The number of benzene rings is 1. The molecule has 3 aromatic rings. The van der Waals surface area contributed by atoms with E-state index in [0.717, 1.165) is 52.5 Å². The molecule has 2 atom stereocenters. The zero-order chi connectivity index (χ0) is 33.6. The van der Waals surface area contributed by atoms with E-state index in [0.29, 0.717) is 17.8 Å². The fourth-order valence-electron chi connectivity index (χ4n) is 4.84. The van der Waals surface area contributed by atoms with Gasteiger partial charge in [0.1, 0.15) is 22.4 Å². The molecule has 0 bridgehead atoms. The molecule has 3 N–H and O–H groups in total. The molecule has 2 aliphatic rings. The van der Waals surface area contributed by atoms with E-state index < -0.39 is 23.6 Å². The van der Waals surface area contributed by atoms with Crippen LogP contribution in [0.25, 0.3) is 21.6 Å². The number of ether oxygens (including phenoxy) is 3. The number of hydrogen-bond donors (Lipinski definition) is 2. The van der Waals surface area contributed by atoms with Crippen molar-refractivity contribution in [2.24, 2.45) is 17.6 Å². The number of methoxy groups -OCH3 is 2. The van der Waals surface area contributed by atoms with Crippen molar-refractivity contribution in [2.75, 3.05) is 20.8 Å². The Bertz CT molecular complexity index is 1570. The van der Waals surface area contributed by atoms with E-state index in [2.05, 4.69) is 28.6 Å². The summed E-state index contributed by atoms with van der Waals surface area (Å²) in [5.41, 5.74) is 8.28. The number of nitrogens with two attached hydrogens (primary N) is 1. The number of fused-ring (bicyclic) bond motifs is 1. The first-order chi connectivity index (χ1) is 21.1. The van der Waals surface area contributed by atoms with Crippen LogP contribution in [-0.4, -0.2) is 65.2 Å². The number of hydrogen-bond acceptors (Lipinski definition) is 9. The number of thiazole rings is 1. The van der Waals surface area contributed by atoms with E-state index in [1.165, 1.54) is 12.0 Å². The molecule has 1 aromatic carbocycles. The molecule has 3 heterocycles. The third-order valence-electron chi connectivity index (χ3n) is 7.51. The molecule has 45 heavy (non-hydrogen) atoms. The SMILES string of the molecule is CC1CCN(C(=O)OC(C)(C)C)C1C(N)=O.COC(=O)C1CC1.COc1ccc2c(=O)cc(-c3nc(C(C)C)cs3)[nH]c2c1C. The van der Waals surface area contributed by atoms with Gasteiger partial charge in [0.2, 0.25) is 5.91 Å². The van der Waals surface area contributed by atoms with Gasteiger partial charge in [-0.15, -0.1) is 11.3 Å². The summed E-state index contributed by atoms with van der Waals surface area (Å²) in [5, 5.41) is 3.55. The highest BCUT2D eigenvalue weighted by Crippen LogP contribution is 2.30. The van der Waals surface area contributed by atoms with Crippen molar-refractivity contribution in [3.8, 4) is 16.5 Å². The number of aryl methyl sites for hydroxylation is 1. The molecule has 1 saturated heterocycles. The van der Waals surface area contributed by atoms with Gasteiger partial charge in [0.05, 0.1) is 37.0 Å². The van der Waals surface area contributed by atoms with E-state index in [9.17, 15) is 19.2 Å². The number of esters is 1. The van der Waals surface area contributed by atoms with Gasteiger partial charge in [-0.2, -0.15) is 0 Å². The lowest BCUT2D eigenvalue weighted by atomic mass is 10.0. The fraction of sp³-hybridized carbons (Fsp3) is 0.545. The number of rotatable bonds is 5. The van der Waals surface area contributed by atoms with Gasteiger partial charge < -0.3 is 24.9 Å². The van der Waals surface area contributed by atoms with Gasteiger partial charge in [-0.25, -0.2) is 9.78 Å². The number of carbonyl (C=O) groups excluding carboxylic acids is 3. The van der Waals surface area contributed by atoms with Crippen molar-refractivity contribution >= 4 is 40.2 Å². The smallest absolute Gasteiger partial charge is 0.410 e. The number of nitrogens with zero attached hydrogens (tertiary/aromatic N) is 2. The van der Waals surface area contributed by atoms with Crippen LogP contribution in [-0.2, 0) is 19.1 Å². The highest BCUT2D eigenvalue weighted by Gasteiger charge is 2.40. The zero-order valence-corrected chi connectivity index (χ0v) is 28.5. The number of H-pyrrole nitrogens is 1. The highest BCUT2D eigenvalue weighted by molar-refractivity contribution is 7.13. The van der Waals surface area contributed by atoms with Crippen LogP contribution >= 0.6 is 11.3 Å². The summed E-state index contributed by atoms with van der Waals surface area (Å²) in [7, 11) is 3.06. The Morgan fingerprint density at radius 2 is 1.80 bits per heavy atom. The number of pyridine rings is 1. The molecule has 1 aliphatic carbocycles. The van der Waals surface area contributed by atoms with Crippen LogP contribution in [0.5, 0.6) is 5.75 Å². The van der Waals surface area contributed by atoms with Crippen LogP contribution in [0.4, 0.5) is 4.79 Å². The normalized spacial score (nSPS) is 17.6. The number of primary amides is 1. The van der Waals surface area contributed by atoms with Crippen LogP contribution in [0.15, 0.2) is 28.4 Å². The maximum Gasteiger partial charge on any atom is 0.410 e. The molecular formula is C33H46N4O7S. The maximum atomic E-state index is 12.4. The fourth-order valence-corrected chi connectivity index (χ4v) is 5.79. The lowest BCUT2D eigenvalue weighted by molar-refractivity contribution is -0.142. The molecule has 2 unspecified atom stereocenters. The Hall–Kier alpha value is -3.93. The summed E-state index contributed by atoms with van der Waals surface area (Å²) in [6, 6.07) is 4.71. The minimum atomic E-state index is -0.550. The first-order valence-corrected chi connectivity index (χ1v) is 16.0. The summed E-state index contributed by atoms with van der Waals surface area (Å²) in [6.45, 7) is 14.0. The topological polar surface area (TPSA) is 154 Å². The molecule has 0 spiro atoms. The Labute approximate surface area is 268 Å². The van der Waals surface area contributed by atoms with Crippen LogP contribution in [0.3, 0.4) is 0 Å². The number of carbonyl (C=O) groups is 3. The molecule has 2 amide bonds. The Morgan fingerprint density at radius 3 is 2.29 bits per heavy atom. The van der Waals surface area contributed by atoms with Gasteiger partial charge in [-0.05, 0) is 70.9 Å². The van der Waals surface area contributed by atoms with E-state index in [-0.39, 0.29) is 23.2 Å². The predicted octanol–water partition coefficient (Wildman–Crippen LogP) is 5.78. The number of aromatic amines is 1. The zero-order valence-electron chi connectivity index (χ0n) is 27.7. The molecular weight excluding hydrogens is 596 g/mol. The molecule has 1 aliphatic heterocycles. The average molecular weight is 643 g/mol. The summed E-state index contributed by atoms with van der Waals surface area (Å²) < 4.78 is 15.0. The van der Waals surface area contributed by atoms with Gasteiger partial charge in [-0.3, -0.25) is 19.3 Å². The van der Waals surface area contributed by atoms with Crippen molar-refractivity contribution in [1.29, 1.82) is 0 Å². The second-order valence-corrected chi connectivity index (χ2v) is 13.5. The minimum Gasteiger partial charge on any atom is -0.496 e. The van der Waals surface area contributed by atoms with Gasteiger partial charge >= 0.3 is 12.1 Å². The van der Waals surface area contributed by atoms with Crippen LogP contribution in [0, 0.1) is 18.8 Å². The quantitative estimate of drug-likeness (QED) is 0.332. The van der Waals surface area contributed by atoms with Gasteiger partial charge in [0, 0.05) is 28.9 Å². The molecule has 5 rings (SSSR count). The van der Waals surface area contributed by atoms with Crippen molar-refractivity contribution < 1.29 is 28.6 Å². The van der Waals surface area contributed by atoms with Crippen molar-refractivity contribution in [2.45, 2.75) is 85.3 Å². The first kappa shape index (κ1) is 35.5. The Balaban J connectivity index is 0.000000209. The number of nitrogens with one attached hydrogen (secondary N) is 1. The van der Waals surface area contributed by atoms with Crippen LogP contribution < -0.4 is 15.9 Å². The maximum absolute atomic E-state index is 12.4. The molecule has 12 heteroatoms. The summed E-state index contributed by atoms with van der Waals surface area (Å²) in [5.74, 6) is 0.993. The number of likely N-dealkylation sites (tertiary alicyclic amines) is 1. The van der Waals surface area contributed by atoms with Crippen LogP contribution in [0.1, 0.15) is 78.0 Å². The van der Waals surface area contributed by atoms with Crippen LogP contribution in [0.2, 0.25) is 0 Å². The number of aromatic nitrogens is 2. The van der Waals surface area contributed by atoms with Gasteiger partial charge in [-0.1, -0.05) is 20.8 Å². The largest absolute Gasteiger partial charge is 0.496 e. The number of amides is 2. The van der Waals surface area contributed by atoms with Crippen molar-refractivity contribution in [3.05, 3.63) is 45.1 Å². The monoisotopic (exact) mass is 642 g/mol. The van der Waals surface area contributed by atoms with Crippen molar-refractivity contribution in [1.82, 2.24) is 14.9 Å². The third kappa shape index (κ3) is 9.29. The predicted molar refractivity (Wildman–Crippen MR) is 175 cm³/mol. The Morgan fingerprint density at radius 1 is 1.13 bits per heavy atom. The minimum absolute atomic E-state index is 0.00389. The summed E-state index contributed by atoms with van der Waals surface area (Å²) >= 11 is 1.55. The van der Waals surface area contributed by atoms with E-state index in [1.54, 1.807) is 51.4 Å². The van der Waals surface area contributed by atoms with Crippen molar-refractivity contribution in [3.63, 3.8) is 0 Å². The Kier molecular flexibility index (Phi) is 11.8. The standard InChI is InChI=1S/C17H18N2O2S.C11H20N2O3.C5H8O2/c1-9(2)13-8-22-17(19-13)12-7-14(20)11-5-6-15(21-4)10(3)16(11)18-12;1-7-5-6-13(8(7)9(12)14)10(15)16-11(2,3)4;1-7-5(6)4-2-3-4/h5-9H,1-4H3,(H,18,20);7-8H,5-6H2,1-4H3,(H2,12,14);4H,2-3H2,1H3. The summed E-state index contributed by atoms with van der Waals surface area (Å²) in [4.78, 5) is 55.2. The van der Waals surface area contributed by atoms with E-state index in [4.69, 9.17) is 15.2 Å².